The fourth-order valence-electron chi connectivity index (χ4n) is 4.02. The molecule has 2 aliphatic heterocycles. The molecule has 2 aromatic carbocycles. The molecule has 2 heterocycles. The molecule has 1 atom stereocenters. The SMILES string of the molecule is COc1ccc(N)c2c1OC1(C=C2)N(C)c2ccccc2C1(C)C. The number of rotatable bonds is 1. The summed E-state index contributed by atoms with van der Waals surface area (Å²) in [7, 11) is 3.72. The van der Waals surface area contributed by atoms with E-state index in [2.05, 4.69) is 62.2 Å². The predicted molar refractivity (Wildman–Crippen MR) is 97.7 cm³/mol. The minimum atomic E-state index is -0.620. The van der Waals surface area contributed by atoms with Crippen molar-refractivity contribution in [2.75, 3.05) is 24.8 Å². The highest BCUT2D eigenvalue weighted by Crippen LogP contribution is 2.55. The van der Waals surface area contributed by atoms with Crippen LogP contribution >= 0.6 is 0 Å². The van der Waals surface area contributed by atoms with Gasteiger partial charge in [0.2, 0.25) is 5.72 Å². The molecule has 0 amide bonds. The zero-order valence-electron chi connectivity index (χ0n) is 14.5. The number of hydrogen-bond donors (Lipinski definition) is 1. The number of fused-ring (bicyclic) bond motifs is 2. The summed E-state index contributed by atoms with van der Waals surface area (Å²) < 4.78 is 12.1. The molecule has 0 bridgehead atoms. The summed E-state index contributed by atoms with van der Waals surface area (Å²) in [6.45, 7) is 4.42. The number of nitrogens with zero attached hydrogens (tertiary/aromatic N) is 1. The van der Waals surface area contributed by atoms with E-state index in [1.807, 2.05) is 12.1 Å². The number of nitrogen functional groups attached to an aromatic ring is 1. The molecule has 4 heteroatoms. The molecule has 1 unspecified atom stereocenters. The molecule has 124 valence electrons. The van der Waals surface area contributed by atoms with Gasteiger partial charge in [-0.3, -0.25) is 0 Å². The zero-order chi connectivity index (χ0) is 17.1. The quantitative estimate of drug-likeness (QED) is 0.811. The Bertz CT molecular complexity index is 857. The lowest BCUT2D eigenvalue weighted by molar-refractivity contribution is 0.0553. The Morgan fingerprint density at radius 3 is 2.58 bits per heavy atom. The van der Waals surface area contributed by atoms with Crippen molar-refractivity contribution in [1.29, 1.82) is 0 Å². The van der Waals surface area contributed by atoms with E-state index in [0.717, 1.165) is 5.56 Å². The smallest absolute Gasteiger partial charge is 0.212 e. The Kier molecular flexibility index (Phi) is 2.92. The van der Waals surface area contributed by atoms with Crippen molar-refractivity contribution in [3.63, 3.8) is 0 Å². The van der Waals surface area contributed by atoms with Crippen molar-refractivity contribution in [2.45, 2.75) is 25.0 Å². The molecule has 2 aliphatic rings. The van der Waals surface area contributed by atoms with Gasteiger partial charge < -0.3 is 20.1 Å². The number of benzene rings is 2. The van der Waals surface area contributed by atoms with Crippen LogP contribution in [0.2, 0.25) is 0 Å². The molecule has 1 spiro atoms. The Labute approximate surface area is 142 Å². The van der Waals surface area contributed by atoms with Crippen LogP contribution in [0.3, 0.4) is 0 Å². The molecule has 24 heavy (non-hydrogen) atoms. The van der Waals surface area contributed by atoms with Crippen molar-refractivity contribution in [3.05, 3.63) is 53.6 Å². The molecule has 4 rings (SSSR count). The first-order chi connectivity index (χ1) is 11.4. The lowest BCUT2D eigenvalue weighted by atomic mass is 9.76. The number of methoxy groups -OCH3 is 1. The van der Waals surface area contributed by atoms with Gasteiger partial charge in [-0.15, -0.1) is 0 Å². The van der Waals surface area contributed by atoms with E-state index < -0.39 is 5.72 Å². The van der Waals surface area contributed by atoms with E-state index in [4.69, 9.17) is 15.2 Å². The maximum absolute atomic E-state index is 6.63. The van der Waals surface area contributed by atoms with Crippen LogP contribution in [0.4, 0.5) is 11.4 Å². The van der Waals surface area contributed by atoms with Crippen LogP contribution < -0.4 is 20.1 Å². The van der Waals surface area contributed by atoms with Crippen molar-refractivity contribution in [2.24, 2.45) is 0 Å². The third-order valence-corrected chi connectivity index (χ3v) is 5.48. The number of likely N-dealkylation sites (N-methyl/N-ethyl adjacent to an activating group) is 1. The standard InChI is InChI=1S/C20H22N2O2/c1-19(2)14-7-5-6-8-16(14)22(3)20(19)12-11-13-15(21)9-10-17(23-4)18(13)24-20/h5-12H,21H2,1-4H3. The van der Waals surface area contributed by atoms with Crippen LogP contribution in [0.1, 0.15) is 25.0 Å². The van der Waals surface area contributed by atoms with Gasteiger partial charge in [0.25, 0.3) is 0 Å². The molecule has 4 nitrogen and oxygen atoms in total. The first-order valence-electron chi connectivity index (χ1n) is 8.10. The minimum absolute atomic E-state index is 0.234. The predicted octanol–water partition coefficient (Wildman–Crippen LogP) is 3.81. The van der Waals surface area contributed by atoms with Gasteiger partial charge in [-0.05, 0) is 49.8 Å². The summed E-state index contributed by atoms with van der Waals surface area (Å²) in [5.74, 6) is 1.40. The normalized spacial score (nSPS) is 22.9. The maximum Gasteiger partial charge on any atom is 0.212 e. The molecule has 0 aliphatic carbocycles. The molecule has 0 saturated heterocycles. The van der Waals surface area contributed by atoms with Crippen molar-refractivity contribution >= 4 is 17.5 Å². The van der Waals surface area contributed by atoms with Crippen LogP contribution in [0.5, 0.6) is 11.5 Å². The van der Waals surface area contributed by atoms with Gasteiger partial charge in [-0.2, -0.15) is 0 Å². The van der Waals surface area contributed by atoms with E-state index in [9.17, 15) is 0 Å². The summed E-state index contributed by atoms with van der Waals surface area (Å²) in [5.41, 5.74) is 9.29. The van der Waals surface area contributed by atoms with E-state index in [1.165, 1.54) is 11.3 Å². The molecular formula is C20H22N2O2. The van der Waals surface area contributed by atoms with Gasteiger partial charge in [0, 0.05) is 24.0 Å². The van der Waals surface area contributed by atoms with E-state index >= 15 is 0 Å². The maximum atomic E-state index is 6.63. The lowest BCUT2D eigenvalue weighted by Gasteiger charge is -2.46. The van der Waals surface area contributed by atoms with Gasteiger partial charge in [0.15, 0.2) is 11.5 Å². The van der Waals surface area contributed by atoms with Gasteiger partial charge in [-0.1, -0.05) is 18.2 Å². The number of para-hydroxylation sites is 1. The summed E-state index contributed by atoms with van der Waals surface area (Å²) in [5, 5.41) is 0. The second-order valence-electron chi connectivity index (χ2n) is 6.93. The molecule has 0 saturated carbocycles. The molecular weight excluding hydrogens is 300 g/mol. The number of hydrogen-bond acceptors (Lipinski definition) is 4. The highest BCUT2D eigenvalue weighted by molar-refractivity contribution is 5.79. The Morgan fingerprint density at radius 2 is 1.88 bits per heavy atom. The topological polar surface area (TPSA) is 47.7 Å². The lowest BCUT2D eigenvalue weighted by Crippen LogP contribution is -2.58. The Morgan fingerprint density at radius 1 is 1.12 bits per heavy atom. The highest BCUT2D eigenvalue weighted by Gasteiger charge is 2.57. The first kappa shape index (κ1) is 14.9. The Balaban J connectivity index is 1.93. The molecule has 2 N–H and O–H groups in total. The van der Waals surface area contributed by atoms with Gasteiger partial charge in [0.05, 0.1) is 12.5 Å². The molecule has 0 aromatic heterocycles. The fraction of sp³-hybridized carbons (Fsp3) is 0.300. The van der Waals surface area contributed by atoms with Crippen LogP contribution in [-0.2, 0) is 5.41 Å². The van der Waals surface area contributed by atoms with Gasteiger partial charge >= 0.3 is 0 Å². The third-order valence-electron chi connectivity index (χ3n) is 5.48. The summed E-state index contributed by atoms with van der Waals surface area (Å²) >= 11 is 0. The van der Waals surface area contributed by atoms with E-state index in [-0.39, 0.29) is 5.41 Å². The Hall–Kier alpha value is -2.62. The third kappa shape index (κ3) is 1.63. The van der Waals surface area contributed by atoms with Crippen molar-refractivity contribution in [3.8, 4) is 11.5 Å². The average molecular weight is 322 g/mol. The summed E-state index contributed by atoms with van der Waals surface area (Å²) in [6.07, 6.45) is 4.17. The summed E-state index contributed by atoms with van der Waals surface area (Å²) in [4.78, 5) is 2.20. The van der Waals surface area contributed by atoms with Gasteiger partial charge in [-0.25, -0.2) is 0 Å². The van der Waals surface area contributed by atoms with Gasteiger partial charge in [0.1, 0.15) is 0 Å². The highest BCUT2D eigenvalue weighted by atomic mass is 16.5. The summed E-state index contributed by atoms with van der Waals surface area (Å²) in [6, 6.07) is 12.1. The van der Waals surface area contributed by atoms with Crippen LogP contribution in [-0.4, -0.2) is 19.9 Å². The minimum Gasteiger partial charge on any atom is -0.493 e. The zero-order valence-corrected chi connectivity index (χ0v) is 14.5. The van der Waals surface area contributed by atoms with Crippen molar-refractivity contribution < 1.29 is 9.47 Å². The number of anilines is 2. The van der Waals surface area contributed by atoms with Crippen molar-refractivity contribution in [1.82, 2.24) is 0 Å². The molecule has 2 aromatic rings. The van der Waals surface area contributed by atoms with Crippen LogP contribution in [0, 0.1) is 0 Å². The van der Waals surface area contributed by atoms with E-state index in [1.54, 1.807) is 7.11 Å². The second-order valence-corrected chi connectivity index (χ2v) is 6.93. The second kappa shape index (κ2) is 4.69. The number of ether oxygens (including phenoxy) is 2. The monoisotopic (exact) mass is 322 g/mol. The molecule has 0 fully saturated rings. The van der Waals surface area contributed by atoms with E-state index in [0.29, 0.717) is 17.2 Å². The first-order valence-corrected chi connectivity index (χ1v) is 8.10. The van der Waals surface area contributed by atoms with Crippen LogP contribution in [0.25, 0.3) is 6.08 Å². The van der Waals surface area contributed by atoms with Crippen LogP contribution in [0.15, 0.2) is 42.5 Å². The average Bonchev–Trinajstić information content (AvgIpc) is 2.75. The fourth-order valence-corrected chi connectivity index (χ4v) is 4.02. The number of nitrogens with two attached hydrogens (primary N) is 1. The molecule has 0 radical (unpaired) electrons. The largest absolute Gasteiger partial charge is 0.493 e.